The first kappa shape index (κ1) is 14.0. The zero-order valence-electron chi connectivity index (χ0n) is 13.4. The predicted octanol–water partition coefficient (Wildman–Crippen LogP) is 3.04. The second-order valence-corrected chi connectivity index (χ2v) is 7.98. The molecule has 0 aromatic carbocycles. The fraction of sp³-hybridized carbons (Fsp3) is 0.944. The highest BCUT2D eigenvalue weighted by atomic mass is 16.2. The summed E-state index contributed by atoms with van der Waals surface area (Å²) in [6, 6.07) is 0.804. The fourth-order valence-electron chi connectivity index (χ4n) is 4.78. The molecule has 3 aliphatic carbocycles. The number of nitrogens with zero attached hydrogens (tertiary/aromatic N) is 2. The molecule has 1 amide bonds. The van der Waals surface area contributed by atoms with Crippen molar-refractivity contribution in [2.45, 2.75) is 70.3 Å². The van der Waals surface area contributed by atoms with Crippen LogP contribution < -0.4 is 0 Å². The fourth-order valence-corrected chi connectivity index (χ4v) is 4.78. The van der Waals surface area contributed by atoms with Gasteiger partial charge in [0.15, 0.2) is 0 Å². The van der Waals surface area contributed by atoms with E-state index in [4.69, 9.17) is 0 Å². The maximum Gasteiger partial charge on any atom is 0.226 e. The molecule has 3 nitrogen and oxygen atoms in total. The Morgan fingerprint density at radius 1 is 0.857 bits per heavy atom. The van der Waals surface area contributed by atoms with Gasteiger partial charge in [0.2, 0.25) is 5.91 Å². The van der Waals surface area contributed by atoms with Gasteiger partial charge in [-0.25, -0.2) is 0 Å². The average Bonchev–Trinajstić information content (AvgIpc) is 3.39. The second-order valence-electron chi connectivity index (χ2n) is 7.98. The summed E-state index contributed by atoms with van der Waals surface area (Å²) in [6.45, 7) is 4.33. The van der Waals surface area contributed by atoms with Crippen molar-refractivity contribution in [3.63, 3.8) is 0 Å². The summed E-state index contributed by atoms with van der Waals surface area (Å²) in [4.78, 5) is 17.5. The first-order valence-electron chi connectivity index (χ1n) is 9.31. The van der Waals surface area contributed by atoms with Gasteiger partial charge in [0, 0.05) is 38.1 Å². The minimum atomic E-state index is 0.418. The van der Waals surface area contributed by atoms with Crippen LogP contribution in [0.1, 0.15) is 64.2 Å². The minimum Gasteiger partial charge on any atom is -0.341 e. The number of hydrogen-bond donors (Lipinski definition) is 0. The number of rotatable bonds is 2. The molecule has 1 unspecified atom stereocenters. The summed E-state index contributed by atoms with van der Waals surface area (Å²) < 4.78 is 0. The van der Waals surface area contributed by atoms with E-state index in [1.165, 1.54) is 70.8 Å². The number of carbonyl (C=O) groups excluding carboxylic acids is 1. The molecule has 21 heavy (non-hydrogen) atoms. The van der Waals surface area contributed by atoms with E-state index in [0.717, 1.165) is 25.7 Å². The van der Waals surface area contributed by atoms with Gasteiger partial charge in [0.1, 0.15) is 0 Å². The third-order valence-corrected chi connectivity index (χ3v) is 6.56. The molecule has 1 aliphatic heterocycles. The summed E-state index contributed by atoms with van der Waals surface area (Å²) in [6.07, 6.45) is 13.5. The highest BCUT2D eigenvalue weighted by Crippen LogP contribution is 2.70. The average molecular weight is 290 g/mol. The van der Waals surface area contributed by atoms with Crippen LogP contribution in [0.4, 0.5) is 0 Å². The lowest BCUT2D eigenvalue weighted by atomic mass is 10.1. The van der Waals surface area contributed by atoms with E-state index in [9.17, 15) is 4.79 Å². The third-order valence-electron chi connectivity index (χ3n) is 6.56. The van der Waals surface area contributed by atoms with E-state index in [2.05, 4.69) is 9.80 Å². The van der Waals surface area contributed by atoms with Gasteiger partial charge in [0.05, 0.1) is 0 Å². The van der Waals surface area contributed by atoms with Gasteiger partial charge in [-0.1, -0.05) is 25.7 Å². The second kappa shape index (κ2) is 5.57. The normalized spacial score (nSPS) is 33.5. The van der Waals surface area contributed by atoms with E-state index in [-0.39, 0.29) is 0 Å². The first-order valence-corrected chi connectivity index (χ1v) is 9.31. The Kier molecular flexibility index (Phi) is 3.72. The van der Waals surface area contributed by atoms with Gasteiger partial charge in [0.25, 0.3) is 0 Å². The van der Waals surface area contributed by atoms with Crippen LogP contribution in [0.5, 0.6) is 0 Å². The van der Waals surface area contributed by atoms with Crippen LogP contribution in [-0.2, 0) is 4.79 Å². The van der Waals surface area contributed by atoms with Gasteiger partial charge in [-0.15, -0.1) is 0 Å². The van der Waals surface area contributed by atoms with E-state index in [1.54, 1.807) is 0 Å². The smallest absolute Gasteiger partial charge is 0.226 e. The summed E-state index contributed by atoms with van der Waals surface area (Å²) in [5.41, 5.74) is 0.518. The Balaban J connectivity index is 1.31. The van der Waals surface area contributed by atoms with Gasteiger partial charge in [-0.2, -0.15) is 0 Å². The predicted molar refractivity (Wildman–Crippen MR) is 84.0 cm³/mol. The maximum atomic E-state index is 12.6. The van der Waals surface area contributed by atoms with Crippen molar-refractivity contribution in [3.05, 3.63) is 0 Å². The highest BCUT2D eigenvalue weighted by Gasteiger charge is 2.66. The molecule has 1 spiro atoms. The topological polar surface area (TPSA) is 23.6 Å². The molecule has 0 aromatic rings. The van der Waals surface area contributed by atoms with Gasteiger partial charge >= 0.3 is 0 Å². The largest absolute Gasteiger partial charge is 0.341 e. The van der Waals surface area contributed by atoms with Crippen LogP contribution in [0.15, 0.2) is 0 Å². The molecule has 4 aliphatic rings. The van der Waals surface area contributed by atoms with Crippen LogP contribution >= 0.6 is 0 Å². The zero-order chi connectivity index (χ0) is 14.3. The van der Waals surface area contributed by atoms with Crippen molar-refractivity contribution >= 4 is 5.91 Å². The number of hydrogen-bond acceptors (Lipinski definition) is 2. The maximum absolute atomic E-state index is 12.6. The SMILES string of the molecule is O=C(C1CC12CC2)N1CCCN(C2CCCCCC2)CC1. The van der Waals surface area contributed by atoms with Crippen molar-refractivity contribution in [2.75, 3.05) is 26.2 Å². The van der Waals surface area contributed by atoms with Crippen molar-refractivity contribution in [1.29, 1.82) is 0 Å². The van der Waals surface area contributed by atoms with Gasteiger partial charge in [-0.3, -0.25) is 9.69 Å². The Morgan fingerprint density at radius 3 is 2.29 bits per heavy atom. The van der Waals surface area contributed by atoms with Crippen LogP contribution in [0.3, 0.4) is 0 Å². The molecule has 0 aromatic heterocycles. The molecule has 3 saturated carbocycles. The molecule has 1 heterocycles. The number of amides is 1. The lowest BCUT2D eigenvalue weighted by molar-refractivity contribution is -0.132. The molecule has 1 saturated heterocycles. The van der Waals surface area contributed by atoms with Crippen molar-refractivity contribution in [1.82, 2.24) is 9.80 Å². The van der Waals surface area contributed by atoms with Crippen molar-refractivity contribution < 1.29 is 4.79 Å². The highest BCUT2D eigenvalue weighted by molar-refractivity contribution is 5.83. The molecule has 4 fully saturated rings. The Labute approximate surface area is 129 Å². The van der Waals surface area contributed by atoms with Crippen LogP contribution in [0.2, 0.25) is 0 Å². The minimum absolute atomic E-state index is 0.418. The monoisotopic (exact) mass is 290 g/mol. The lowest BCUT2D eigenvalue weighted by Gasteiger charge is -2.30. The standard InChI is InChI=1S/C18H30N2O/c21-17(16-14-18(16)8-9-18)20-11-5-10-19(12-13-20)15-6-3-1-2-4-7-15/h15-16H,1-14H2. The Hall–Kier alpha value is -0.570. The van der Waals surface area contributed by atoms with E-state index in [0.29, 0.717) is 17.2 Å². The molecule has 4 rings (SSSR count). The van der Waals surface area contributed by atoms with E-state index < -0.39 is 0 Å². The molecule has 1 atom stereocenters. The van der Waals surface area contributed by atoms with Gasteiger partial charge < -0.3 is 4.90 Å². The molecule has 118 valence electrons. The van der Waals surface area contributed by atoms with E-state index >= 15 is 0 Å². The molecule has 0 N–H and O–H groups in total. The van der Waals surface area contributed by atoms with E-state index in [1.807, 2.05) is 0 Å². The third kappa shape index (κ3) is 2.86. The van der Waals surface area contributed by atoms with Crippen LogP contribution in [-0.4, -0.2) is 47.9 Å². The Morgan fingerprint density at radius 2 is 1.62 bits per heavy atom. The molecule has 0 radical (unpaired) electrons. The molecular weight excluding hydrogens is 260 g/mol. The van der Waals surface area contributed by atoms with Crippen molar-refractivity contribution in [3.8, 4) is 0 Å². The summed E-state index contributed by atoms with van der Waals surface area (Å²) in [7, 11) is 0. The lowest BCUT2D eigenvalue weighted by Crippen LogP contribution is -2.40. The van der Waals surface area contributed by atoms with Crippen LogP contribution in [0.25, 0.3) is 0 Å². The number of carbonyl (C=O) groups is 1. The van der Waals surface area contributed by atoms with Crippen molar-refractivity contribution in [2.24, 2.45) is 11.3 Å². The Bertz CT molecular complexity index is 396. The first-order chi connectivity index (χ1) is 10.3. The summed E-state index contributed by atoms with van der Waals surface area (Å²) in [5.74, 6) is 0.914. The quantitative estimate of drug-likeness (QED) is 0.730. The van der Waals surface area contributed by atoms with Gasteiger partial charge in [-0.05, 0) is 43.9 Å². The molecular formula is C18H30N2O. The zero-order valence-corrected chi connectivity index (χ0v) is 13.4. The van der Waals surface area contributed by atoms with Crippen LogP contribution in [0, 0.1) is 11.3 Å². The molecule has 3 heteroatoms. The summed E-state index contributed by atoms with van der Waals surface area (Å²) >= 11 is 0. The molecule has 0 bridgehead atoms. The summed E-state index contributed by atoms with van der Waals surface area (Å²) in [5, 5.41) is 0.